The first kappa shape index (κ1) is 24.1. The van der Waals surface area contributed by atoms with E-state index in [0.717, 1.165) is 36.1 Å². The number of halogens is 3. The van der Waals surface area contributed by atoms with Crippen LogP contribution >= 0.6 is 0 Å². The Kier molecular flexibility index (Phi) is 6.90. The monoisotopic (exact) mass is 485 g/mol. The maximum absolute atomic E-state index is 12.6. The highest BCUT2D eigenvalue weighted by Gasteiger charge is 2.31. The molecule has 0 saturated carbocycles. The van der Waals surface area contributed by atoms with E-state index in [4.69, 9.17) is 4.74 Å². The van der Waals surface area contributed by atoms with Crippen molar-refractivity contribution in [3.8, 4) is 17.2 Å². The molecule has 0 spiro atoms. The van der Waals surface area contributed by atoms with Crippen molar-refractivity contribution in [1.29, 1.82) is 0 Å². The minimum atomic E-state index is -4.79. The Morgan fingerprint density at radius 1 is 0.943 bits per heavy atom. The van der Waals surface area contributed by atoms with E-state index in [-0.39, 0.29) is 34.9 Å². The van der Waals surface area contributed by atoms with Crippen molar-refractivity contribution in [2.45, 2.75) is 31.7 Å². The van der Waals surface area contributed by atoms with Gasteiger partial charge in [-0.25, -0.2) is 0 Å². The zero-order valence-corrected chi connectivity index (χ0v) is 18.7. The summed E-state index contributed by atoms with van der Waals surface area (Å²) < 4.78 is 46.7. The lowest BCUT2D eigenvalue weighted by Gasteiger charge is -2.26. The Hall–Kier alpha value is -4.08. The SMILES string of the molecule is CNC(=O)c1cc(Oc2ccc3c(c2)CC(NC(=O)c2ccc(OC(F)(F)F)cc2)CC3)ccn1. The van der Waals surface area contributed by atoms with Gasteiger partial charge in [0.25, 0.3) is 11.8 Å². The average Bonchev–Trinajstić information content (AvgIpc) is 2.83. The Balaban J connectivity index is 1.40. The van der Waals surface area contributed by atoms with Crippen LogP contribution < -0.4 is 20.1 Å². The number of aromatic nitrogens is 1. The smallest absolute Gasteiger partial charge is 0.457 e. The van der Waals surface area contributed by atoms with Crippen LogP contribution in [0.1, 0.15) is 38.4 Å². The van der Waals surface area contributed by atoms with Crippen molar-refractivity contribution in [2.24, 2.45) is 0 Å². The molecule has 0 fully saturated rings. The lowest BCUT2D eigenvalue weighted by Crippen LogP contribution is -2.38. The summed E-state index contributed by atoms with van der Waals surface area (Å²) in [6.45, 7) is 0. The molecule has 4 rings (SSSR count). The average molecular weight is 485 g/mol. The molecule has 0 radical (unpaired) electrons. The second-order valence-electron chi connectivity index (χ2n) is 7.97. The van der Waals surface area contributed by atoms with Gasteiger partial charge in [0.15, 0.2) is 0 Å². The minimum Gasteiger partial charge on any atom is -0.457 e. The summed E-state index contributed by atoms with van der Waals surface area (Å²) in [5.74, 6) is -0.0167. The fourth-order valence-electron chi connectivity index (χ4n) is 3.86. The van der Waals surface area contributed by atoms with E-state index in [0.29, 0.717) is 17.9 Å². The molecule has 3 aromatic rings. The number of hydrogen-bond donors (Lipinski definition) is 2. The zero-order valence-electron chi connectivity index (χ0n) is 18.7. The summed E-state index contributed by atoms with van der Waals surface area (Å²) >= 11 is 0. The highest BCUT2D eigenvalue weighted by Crippen LogP contribution is 2.29. The van der Waals surface area contributed by atoms with Crippen LogP contribution in [0.4, 0.5) is 13.2 Å². The molecule has 35 heavy (non-hydrogen) atoms. The summed E-state index contributed by atoms with van der Waals surface area (Å²) in [6.07, 6.45) is -1.23. The Labute approximate surface area is 199 Å². The van der Waals surface area contributed by atoms with Gasteiger partial charge < -0.3 is 20.1 Å². The molecule has 2 amide bonds. The van der Waals surface area contributed by atoms with Gasteiger partial charge >= 0.3 is 6.36 Å². The molecule has 10 heteroatoms. The van der Waals surface area contributed by atoms with Crippen LogP contribution in [0.3, 0.4) is 0 Å². The van der Waals surface area contributed by atoms with E-state index in [1.807, 2.05) is 18.2 Å². The summed E-state index contributed by atoms with van der Waals surface area (Å²) in [5.41, 5.74) is 2.65. The van der Waals surface area contributed by atoms with Gasteiger partial charge in [0.1, 0.15) is 22.9 Å². The fourth-order valence-corrected chi connectivity index (χ4v) is 3.86. The van der Waals surface area contributed by atoms with E-state index in [9.17, 15) is 22.8 Å². The molecule has 1 aromatic heterocycles. The van der Waals surface area contributed by atoms with E-state index in [2.05, 4.69) is 20.4 Å². The van der Waals surface area contributed by atoms with Crippen LogP contribution in [-0.4, -0.2) is 36.3 Å². The van der Waals surface area contributed by atoms with Gasteiger partial charge in [-0.05, 0) is 72.9 Å². The molecule has 1 heterocycles. The summed E-state index contributed by atoms with van der Waals surface area (Å²) in [6, 6.07) is 13.6. The maximum Gasteiger partial charge on any atom is 0.573 e. The number of fused-ring (bicyclic) bond motifs is 1. The molecular weight excluding hydrogens is 463 g/mol. The van der Waals surface area contributed by atoms with Gasteiger partial charge in [-0.1, -0.05) is 6.07 Å². The van der Waals surface area contributed by atoms with Gasteiger partial charge in [-0.2, -0.15) is 0 Å². The molecule has 1 unspecified atom stereocenters. The topological polar surface area (TPSA) is 89.6 Å². The molecule has 2 N–H and O–H groups in total. The van der Waals surface area contributed by atoms with Crippen LogP contribution in [0.15, 0.2) is 60.8 Å². The number of amides is 2. The van der Waals surface area contributed by atoms with Crippen molar-refractivity contribution in [3.05, 3.63) is 83.2 Å². The molecule has 2 aromatic carbocycles. The van der Waals surface area contributed by atoms with Crippen LogP contribution in [0.25, 0.3) is 0 Å². The highest BCUT2D eigenvalue weighted by atomic mass is 19.4. The number of alkyl halides is 3. The number of nitrogens with zero attached hydrogens (tertiary/aromatic N) is 1. The van der Waals surface area contributed by atoms with E-state index in [1.54, 1.807) is 12.1 Å². The molecule has 1 aliphatic rings. The molecule has 182 valence electrons. The van der Waals surface area contributed by atoms with E-state index in [1.165, 1.54) is 25.4 Å². The number of pyridine rings is 1. The molecule has 1 atom stereocenters. The second-order valence-corrected chi connectivity index (χ2v) is 7.97. The number of hydrogen-bond acceptors (Lipinski definition) is 5. The largest absolute Gasteiger partial charge is 0.573 e. The first-order chi connectivity index (χ1) is 16.7. The number of aryl methyl sites for hydroxylation is 1. The molecule has 1 aliphatic carbocycles. The van der Waals surface area contributed by atoms with Gasteiger partial charge in [0.2, 0.25) is 0 Å². The fraction of sp³-hybridized carbons (Fsp3) is 0.240. The van der Waals surface area contributed by atoms with Crippen molar-refractivity contribution in [3.63, 3.8) is 0 Å². The summed E-state index contributed by atoms with van der Waals surface area (Å²) in [7, 11) is 1.52. The normalized spacial score (nSPS) is 15.0. The number of benzene rings is 2. The van der Waals surface area contributed by atoms with Crippen LogP contribution in [0, 0.1) is 0 Å². The third-order valence-corrected chi connectivity index (χ3v) is 5.52. The van der Waals surface area contributed by atoms with Gasteiger partial charge in [-0.15, -0.1) is 13.2 Å². The highest BCUT2D eigenvalue weighted by molar-refractivity contribution is 5.94. The standard InChI is InChI=1S/C25H22F3N3O4/c1-29-24(33)22-14-21(10-11-30-22)34-20-9-3-15-2-6-18(12-17(15)13-20)31-23(32)16-4-7-19(8-5-16)35-25(26,27)28/h3-5,7-11,13-14,18H,2,6,12H2,1H3,(H,29,33)(H,31,32). The Bertz CT molecular complexity index is 1230. The number of ether oxygens (including phenoxy) is 2. The first-order valence-corrected chi connectivity index (χ1v) is 10.8. The first-order valence-electron chi connectivity index (χ1n) is 10.8. The number of carbonyl (C=O) groups is 2. The van der Waals surface area contributed by atoms with Crippen molar-refractivity contribution < 1.29 is 32.2 Å². The van der Waals surface area contributed by atoms with E-state index < -0.39 is 6.36 Å². The van der Waals surface area contributed by atoms with Crippen LogP contribution in [-0.2, 0) is 12.8 Å². The van der Waals surface area contributed by atoms with Crippen LogP contribution in [0.2, 0.25) is 0 Å². The van der Waals surface area contributed by atoms with E-state index >= 15 is 0 Å². The van der Waals surface area contributed by atoms with Gasteiger partial charge in [0, 0.05) is 30.9 Å². The third-order valence-electron chi connectivity index (χ3n) is 5.52. The van der Waals surface area contributed by atoms with Crippen LogP contribution in [0.5, 0.6) is 17.2 Å². The second kappa shape index (κ2) is 10.0. The minimum absolute atomic E-state index is 0.142. The van der Waals surface area contributed by atoms with Gasteiger partial charge in [0.05, 0.1) is 0 Å². The van der Waals surface area contributed by atoms with Crippen molar-refractivity contribution >= 4 is 11.8 Å². The maximum atomic E-state index is 12.6. The quantitative estimate of drug-likeness (QED) is 0.540. The molecule has 7 nitrogen and oxygen atoms in total. The molecule has 0 bridgehead atoms. The Morgan fingerprint density at radius 3 is 2.37 bits per heavy atom. The summed E-state index contributed by atoms with van der Waals surface area (Å²) in [5, 5.41) is 5.46. The number of rotatable bonds is 6. The predicted octanol–water partition coefficient (Wildman–Crippen LogP) is 4.42. The molecule has 0 saturated heterocycles. The summed E-state index contributed by atoms with van der Waals surface area (Å²) in [4.78, 5) is 28.4. The molecular formula is C25H22F3N3O4. The lowest BCUT2D eigenvalue weighted by atomic mass is 9.88. The number of nitrogens with one attached hydrogen (secondary N) is 2. The lowest BCUT2D eigenvalue weighted by molar-refractivity contribution is -0.274. The van der Waals surface area contributed by atoms with Gasteiger partial charge in [-0.3, -0.25) is 14.6 Å². The van der Waals surface area contributed by atoms with Crippen molar-refractivity contribution in [1.82, 2.24) is 15.6 Å². The third kappa shape index (κ3) is 6.28. The predicted molar refractivity (Wildman–Crippen MR) is 121 cm³/mol. The molecule has 0 aliphatic heterocycles. The Morgan fingerprint density at radius 2 is 1.66 bits per heavy atom. The number of carbonyl (C=O) groups excluding carboxylic acids is 2. The van der Waals surface area contributed by atoms with Crippen molar-refractivity contribution in [2.75, 3.05) is 7.05 Å². The zero-order chi connectivity index (χ0) is 25.0.